The highest BCUT2D eigenvalue weighted by molar-refractivity contribution is 7.57. The first-order valence-electron chi connectivity index (χ1n) is 12.4. The zero-order valence-corrected chi connectivity index (χ0v) is 21.0. The molecule has 1 aromatic carbocycles. The number of unbranched alkanes of at least 4 members (excludes halogenated alkanes) is 8. The first-order chi connectivity index (χ1) is 15.9. The highest BCUT2D eigenvalue weighted by Gasteiger charge is 2.44. The normalized spacial score (nSPS) is 18.1. The smallest absolute Gasteiger partial charge is 0.323 e. The molecule has 0 radical (unpaired) electrons. The fraction of sp³-hybridized carbons (Fsp3) is 0.708. The number of nitro benzene ring substituents is 1. The summed E-state index contributed by atoms with van der Waals surface area (Å²) in [5.74, 6) is -0.0519. The van der Waals surface area contributed by atoms with Gasteiger partial charge in [-0.2, -0.15) is 0 Å². The minimum atomic E-state index is -3.37. The minimum absolute atomic E-state index is 0.0540. The number of non-ortho nitro benzene ring substituents is 1. The Bertz CT molecular complexity index is 786. The Morgan fingerprint density at radius 3 is 2.24 bits per heavy atom. The Kier molecular flexibility index (Phi) is 11.9. The third-order valence-electron chi connectivity index (χ3n) is 6.01. The molecule has 1 saturated heterocycles. The molecular weight excluding hydrogens is 443 g/mol. The zero-order chi connectivity index (χ0) is 24.1. The summed E-state index contributed by atoms with van der Waals surface area (Å²) < 4.78 is 27.0. The van der Waals surface area contributed by atoms with Gasteiger partial charge in [0, 0.05) is 24.8 Å². The van der Waals surface area contributed by atoms with E-state index < -0.39 is 18.5 Å². The zero-order valence-electron chi connectivity index (χ0n) is 20.1. The van der Waals surface area contributed by atoms with Crippen molar-refractivity contribution in [2.75, 3.05) is 19.3 Å². The van der Waals surface area contributed by atoms with Crippen LogP contribution in [0.25, 0.3) is 0 Å². The van der Waals surface area contributed by atoms with Gasteiger partial charge < -0.3 is 9.26 Å². The lowest BCUT2D eigenvalue weighted by atomic mass is 10.1. The van der Waals surface area contributed by atoms with E-state index in [1.807, 2.05) is 0 Å². The Balaban J connectivity index is 2.02. The lowest BCUT2D eigenvalue weighted by Gasteiger charge is -2.31. The van der Waals surface area contributed by atoms with Crippen LogP contribution < -0.4 is 4.52 Å². The van der Waals surface area contributed by atoms with Crippen molar-refractivity contribution in [1.29, 1.82) is 0 Å². The molecule has 1 unspecified atom stereocenters. The number of benzene rings is 1. The molecule has 9 heteroatoms. The number of carbonyl (C=O) groups excluding carboxylic acids is 1. The topological polar surface area (TPSA) is 99.0 Å². The predicted molar refractivity (Wildman–Crippen MR) is 130 cm³/mol. The van der Waals surface area contributed by atoms with Gasteiger partial charge in [-0.15, -0.1) is 0 Å². The van der Waals surface area contributed by atoms with Crippen molar-refractivity contribution in [2.45, 2.75) is 90.5 Å². The molecule has 2 rings (SSSR count). The first-order valence-corrected chi connectivity index (χ1v) is 14.1. The number of nitrogens with zero attached hydrogens (tertiary/aromatic N) is 2. The third-order valence-corrected chi connectivity index (χ3v) is 8.65. The van der Waals surface area contributed by atoms with Crippen LogP contribution in [0.4, 0.5) is 5.69 Å². The van der Waals surface area contributed by atoms with Gasteiger partial charge in [-0.3, -0.25) is 19.5 Å². The maximum absolute atomic E-state index is 14.1. The largest absolute Gasteiger partial charge is 0.465 e. The molecule has 0 saturated carbocycles. The number of rotatable bonds is 16. The van der Waals surface area contributed by atoms with Gasteiger partial charge in [-0.05, 0) is 38.3 Å². The number of ether oxygens (including phenoxy) is 1. The highest BCUT2D eigenvalue weighted by Crippen LogP contribution is 2.55. The second-order valence-electron chi connectivity index (χ2n) is 8.60. The summed E-state index contributed by atoms with van der Waals surface area (Å²) >= 11 is 0. The molecule has 1 aliphatic heterocycles. The SMILES string of the molecule is CCCCCCCCCCCP(=O)(Oc1ccc([N+](=O)[O-])cc1)N1CCC[C@H]1C(=O)OCC. The second kappa shape index (κ2) is 14.4. The number of nitro groups is 1. The summed E-state index contributed by atoms with van der Waals surface area (Å²) in [5, 5.41) is 10.9. The summed E-state index contributed by atoms with van der Waals surface area (Å²) in [6, 6.07) is 5.04. The van der Waals surface area contributed by atoms with Crippen molar-refractivity contribution in [3.63, 3.8) is 0 Å². The first kappa shape index (κ1) is 27.3. The van der Waals surface area contributed by atoms with E-state index in [4.69, 9.17) is 9.26 Å². The standard InChI is InChI=1S/C24H39N2O6P/c1-3-5-6-7-8-9-10-11-12-20-33(30,25-19-13-14-23(25)24(27)31-4-2)32-22-17-15-21(16-18-22)26(28)29/h15-18,23H,3-14,19-20H2,1-2H3/t23-,33?/m0/s1. The molecule has 1 fully saturated rings. The van der Waals surface area contributed by atoms with E-state index >= 15 is 0 Å². The number of hydrogen-bond acceptors (Lipinski definition) is 6. The van der Waals surface area contributed by atoms with Crippen LogP contribution in [-0.2, 0) is 14.1 Å². The van der Waals surface area contributed by atoms with Crippen LogP contribution in [0.1, 0.15) is 84.5 Å². The van der Waals surface area contributed by atoms with Gasteiger partial charge in [0.25, 0.3) is 5.69 Å². The molecule has 186 valence electrons. The average Bonchev–Trinajstić information content (AvgIpc) is 3.30. The molecule has 0 spiro atoms. The molecule has 0 aliphatic carbocycles. The van der Waals surface area contributed by atoms with E-state index in [0.29, 0.717) is 24.9 Å². The summed E-state index contributed by atoms with van der Waals surface area (Å²) in [6.07, 6.45) is 12.0. The molecule has 8 nitrogen and oxygen atoms in total. The molecular formula is C24H39N2O6P. The quantitative estimate of drug-likeness (QED) is 0.0847. The van der Waals surface area contributed by atoms with Gasteiger partial charge in [0.1, 0.15) is 11.8 Å². The van der Waals surface area contributed by atoms with Gasteiger partial charge in [0.2, 0.25) is 0 Å². The van der Waals surface area contributed by atoms with Crippen molar-refractivity contribution in [3.05, 3.63) is 34.4 Å². The Morgan fingerprint density at radius 2 is 1.67 bits per heavy atom. The third kappa shape index (κ3) is 8.74. The second-order valence-corrected chi connectivity index (χ2v) is 11.0. The van der Waals surface area contributed by atoms with E-state index in [2.05, 4.69) is 6.92 Å². The van der Waals surface area contributed by atoms with E-state index in [0.717, 1.165) is 25.7 Å². The Labute approximate surface area is 197 Å². The molecule has 1 aliphatic rings. The number of hydrogen-bond donors (Lipinski definition) is 0. The fourth-order valence-electron chi connectivity index (χ4n) is 4.24. The maximum atomic E-state index is 14.1. The maximum Gasteiger partial charge on any atom is 0.323 e. The van der Waals surface area contributed by atoms with Gasteiger partial charge in [0.15, 0.2) is 0 Å². The monoisotopic (exact) mass is 482 g/mol. The summed E-state index contributed by atoms with van der Waals surface area (Å²) in [5.41, 5.74) is -0.0540. The lowest BCUT2D eigenvalue weighted by molar-refractivity contribution is -0.384. The van der Waals surface area contributed by atoms with Crippen LogP contribution in [0.5, 0.6) is 5.75 Å². The number of esters is 1. The summed E-state index contributed by atoms with van der Waals surface area (Å²) in [4.78, 5) is 22.9. The van der Waals surface area contributed by atoms with Crippen molar-refractivity contribution < 1.29 is 23.5 Å². The van der Waals surface area contributed by atoms with Gasteiger partial charge in [0.05, 0.1) is 11.5 Å². The van der Waals surface area contributed by atoms with Crippen LogP contribution in [0.15, 0.2) is 24.3 Å². The molecule has 2 atom stereocenters. The van der Waals surface area contributed by atoms with E-state index in [9.17, 15) is 19.5 Å². The highest BCUT2D eigenvalue weighted by atomic mass is 31.2. The van der Waals surface area contributed by atoms with Crippen LogP contribution >= 0.6 is 7.52 Å². The van der Waals surface area contributed by atoms with Crippen molar-refractivity contribution in [2.24, 2.45) is 0 Å². The van der Waals surface area contributed by atoms with E-state index in [1.165, 1.54) is 62.8 Å². The van der Waals surface area contributed by atoms with Gasteiger partial charge >= 0.3 is 13.5 Å². The van der Waals surface area contributed by atoms with Crippen LogP contribution in [0.2, 0.25) is 0 Å². The fourth-order valence-corrected chi connectivity index (χ4v) is 6.84. The van der Waals surface area contributed by atoms with Crippen molar-refractivity contribution in [1.82, 2.24) is 4.67 Å². The summed E-state index contributed by atoms with van der Waals surface area (Å²) in [7, 11) is -3.37. The molecule has 1 aromatic rings. The number of carbonyl (C=O) groups is 1. The molecule has 0 N–H and O–H groups in total. The van der Waals surface area contributed by atoms with E-state index in [-0.39, 0.29) is 18.3 Å². The van der Waals surface area contributed by atoms with Crippen molar-refractivity contribution in [3.8, 4) is 5.75 Å². The van der Waals surface area contributed by atoms with Gasteiger partial charge in [-0.25, -0.2) is 4.67 Å². The predicted octanol–water partition coefficient (Wildman–Crippen LogP) is 6.73. The van der Waals surface area contributed by atoms with E-state index in [1.54, 1.807) is 11.6 Å². The Hall–Kier alpha value is -1.92. The molecule has 1 heterocycles. The molecule has 33 heavy (non-hydrogen) atoms. The van der Waals surface area contributed by atoms with Crippen LogP contribution in [0, 0.1) is 10.1 Å². The molecule has 0 bridgehead atoms. The minimum Gasteiger partial charge on any atom is -0.465 e. The van der Waals surface area contributed by atoms with Gasteiger partial charge in [-0.1, -0.05) is 58.3 Å². The molecule has 0 amide bonds. The average molecular weight is 483 g/mol. The Morgan fingerprint density at radius 1 is 1.06 bits per heavy atom. The summed E-state index contributed by atoms with van der Waals surface area (Å²) in [6.45, 7) is 4.75. The van der Waals surface area contributed by atoms with Crippen LogP contribution in [-0.4, -0.2) is 40.9 Å². The lowest BCUT2D eigenvalue weighted by Crippen LogP contribution is -2.37. The van der Waals surface area contributed by atoms with Crippen LogP contribution in [0.3, 0.4) is 0 Å². The van der Waals surface area contributed by atoms with Crippen molar-refractivity contribution >= 4 is 19.2 Å². The molecule has 0 aromatic heterocycles.